The first-order valence-corrected chi connectivity index (χ1v) is 21.1. The maximum absolute atomic E-state index is 3.39. The van der Waals surface area contributed by atoms with Gasteiger partial charge in [-0.2, -0.15) is 0 Å². The van der Waals surface area contributed by atoms with Crippen molar-refractivity contribution in [3.05, 3.63) is 186 Å². The van der Waals surface area contributed by atoms with Crippen molar-refractivity contribution in [2.24, 2.45) is 0 Å². The molecule has 0 saturated heterocycles. The molecule has 0 unspecified atom stereocenters. The zero-order valence-corrected chi connectivity index (χ0v) is 33.7. The molecule has 0 N–H and O–H groups in total. The van der Waals surface area contributed by atoms with Crippen LogP contribution in [0.25, 0.3) is 0 Å². The van der Waals surface area contributed by atoms with Gasteiger partial charge in [0.25, 0.3) is 0 Å². The van der Waals surface area contributed by atoms with Crippen molar-refractivity contribution >= 4 is 0 Å². The summed E-state index contributed by atoms with van der Waals surface area (Å²) in [6.07, 6.45) is 46.6. The average Bonchev–Trinajstić information content (AvgIpc) is 3.58. The number of hydrogen-bond donors (Lipinski definition) is 0. The van der Waals surface area contributed by atoms with Crippen LogP contribution in [0.3, 0.4) is 0 Å². The van der Waals surface area contributed by atoms with E-state index in [0.717, 1.165) is 122 Å². The molecule has 0 amide bonds. The summed E-state index contributed by atoms with van der Waals surface area (Å²) >= 11 is 0. The van der Waals surface area contributed by atoms with Gasteiger partial charge in [-0.05, 0) is 216 Å². The largest absolute Gasteiger partial charge is 0.0842 e. The Labute approximate surface area is 356 Å². The first-order chi connectivity index (χ1) is 29.8. The third kappa shape index (κ3) is 8.45. The van der Waals surface area contributed by atoms with E-state index in [1.165, 1.54) is 44.6 Å². The summed E-state index contributed by atoms with van der Waals surface area (Å²) in [4.78, 5) is 0. The van der Waals surface area contributed by atoms with Gasteiger partial charge < -0.3 is 0 Å². The zero-order valence-electron chi connectivity index (χ0n) is 33.7. The number of fused-ring (bicyclic) bond motifs is 8. The minimum atomic E-state index is 0.734. The second-order valence-electron chi connectivity index (χ2n) is 15.5. The van der Waals surface area contributed by atoms with Crippen LogP contribution < -0.4 is 0 Å². The number of allylic oxidation sites excluding steroid dienone is 32. The highest BCUT2D eigenvalue weighted by Gasteiger charge is 2.23. The standard InChI is InChI=1S/C60H40/c1-2-22-46(58-51-31-11-12-32-52(58)40-18-39-51)24-5-6-26-48(60-55-35-15-16-36-56(60)44-20-43-55)28-8-7-27-47(59-53-33-13-14-34-54(59)42-19-41-53)25-4-3-23-45(21-1)57-49-29-9-10-30-50(57)38-17-37-49/h9-16,29-36H,17-20,37-44H2. The van der Waals surface area contributed by atoms with Gasteiger partial charge in [-0.3, -0.25) is 0 Å². The van der Waals surface area contributed by atoms with Crippen LogP contribution in [0, 0.1) is 94.7 Å². The Bertz CT molecular complexity index is 2450. The second-order valence-corrected chi connectivity index (χ2v) is 15.5. The summed E-state index contributed by atoms with van der Waals surface area (Å²) in [6, 6.07) is 0. The highest BCUT2D eigenvalue weighted by molar-refractivity contribution is 5.71. The van der Waals surface area contributed by atoms with Crippen LogP contribution in [0.4, 0.5) is 0 Å². The fourth-order valence-electron chi connectivity index (χ4n) is 9.07. The Hall–Kier alpha value is -7.68. The van der Waals surface area contributed by atoms with Crippen molar-refractivity contribution in [1.82, 2.24) is 0 Å². The molecule has 60 heavy (non-hydrogen) atoms. The van der Waals surface area contributed by atoms with Gasteiger partial charge in [0.2, 0.25) is 0 Å². The third-order valence-corrected chi connectivity index (χ3v) is 11.7. The van der Waals surface area contributed by atoms with Gasteiger partial charge in [0.05, 0.1) is 22.3 Å². The van der Waals surface area contributed by atoms with Crippen LogP contribution in [0.1, 0.15) is 77.0 Å². The lowest BCUT2D eigenvalue weighted by atomic mass is 9.82. The van der Waals surface area contributed by atoms with Crippen LogP contribution in [0.2, 0.25) is 0 Å². The van der Waals surface area contributed by atoms with Crippen LogP contribution in [0.15, 0.2) is 186 Å². The lowest BCUT2D eigenvalue weighted by Gasteiger charge is -2.21. The monoisotopic (exact) mass is 760 g/mol. The topological polar surface area (TPSA) is 0 Å². The molecule has 0 heteroatoms. The molecule has 0 aromatic rings. The van der Waals surface area contributed by atoms with Gasteiger partial charge in [-0.25, -0.2) is 0 Å². The van der Waals surface area contributed by atoms with Crippen LogP contribution in [-0.2, 0) is 0 Å². The van der Waals surface area contributed by atoms with Gasteiger partial charge >= 0.3 is 0 Å². The maximum atomic E-state index is 3.39. The molecule has 0 aromatic carbocycles. The number of hydrogen-bond acceptors (Lipinski definition) is 0. The predicted octanol–water partition coefficient (Wildman–Crippen LogP) is 11.6. The van der Waals surface area contributed by atoms with Gasteiger partial charge in [0, 0.05) is 22.3 Å². The minimum Gasteiger partial charge on any atom is -0.0620 e. The summed E-state index contributed by atoms with van der Waals surface area (Å²) in [7, 11) is 0. The van der Waals surface area contributed by atoms with Gasteiger partial charge in [0.1, 0.15) is 0 Å². The summed E-state index contributed by atoms with van der Waals surface area (Å²) < 4.78 is 0. The Kier molecular flexibility index (Phi) is 11.5. The van der Waals surface area contributed by atoms with Gasteiger partial charge in [0.15, 0.2) is 0 Å². The average molecular weight is 761 g/mol. The molecule has 0 aromatic heterocycles. The van der Waals surface area contributed by atoms with E-state index >= 15 is 0 Å². The fourth-order valence-corrected chi connectivity index (χ4v) is 9.07. The Morgan fingerprint density at radius 2 is 0.367 bits per heavy atom. The Morgan fingerprint density at radius 3 is 0.517 bits per heavy atom. The molecule has 9 rings (SSSR count). The van der Waals surface area contributed by atoms with Crippen LogP contribution >= 0.6 is 0 Å². The molecule has 9 aliphatic carbocycles. The summed E-state index contributed by atoms with van der Waals surface area (Å²) in [6.45, 7) is 0. The van der Waals surface area contributed by atoms with Crippen molar-refractivity contribution in [2.45, 2.75) is 77.0 Å². The van der Waals surface area contributed by atoms with Crippen LogP contribution in [-0.4, -0.2) is 0 Å². The number of rotatable bonds is 0. The highest BCUT2D eigenvalue weighted by Crippen LogP contribution is 2.40. The minimum absolute atomic E-state index is 0.734. The maximum Gasteiger partial charge on any atom is 0.0842 e. The molecule has 0 heterocycles. The van der Waals surface area contributed by atoms with E-state index in [9.17, 15) is 0 Å². The molecule has 9 aliphatic rings. The van der Waals surface area contributed by atoms with Crippen molar-refractivity contribution < 1.29 is 0 Å². The lowest BCUT2D eigenvalue weighted by Crippen LogP contribution is -2.05. The molecule has 0 spiro atoms. The molecule has 0 nitrogen and oxygen atoms in total. The highest BCUT2D eigenvalue weighted by atomic mass is 14.3. The molecule has 0 aliphatic heterocycles. The molecular formula is C60H40. The van der Waals surface area contributed by atoms with Crippen molar-refractivity contribution in [2.75, 3.05) is 0 Å². The van der Waals surface area contributed by atoms with E-state index in [1.54, 1.807) is 0 Å². The smallest absolute Gasteiger partial charge is 0.0620 e. The third-order valence-electron chi connectivity index (χ3n) is 11.7. The summed E-state index contributed by atoms with van der Waals surface area (Å²) in [5.74, 6) is 52.8. The quantitative estimate of drug-likeness (QED) is 0.216. The van der Waals surface area contributed by atoms with E-state index in [0.29, 0.717) is 0 Å². The van der Waals surface area contributed by atoms with E-state index in [2.05, 4.69) is 192 Å². The molecule has 0 radical (unpaired) electrons. The molecule has 8 bridgehead atoms. The van der Waals surface area contributed by atoms with E-state index in [1.807, 2.05) is 0 Å². The Morgan fingerprint density at radius 1 is 0.217 bits per heavy atom. The van der Waals surface area contributed by atoms with Crippen molar-refractivity contribution in [3.63, 3.8) is 0 Å². The van der Waals surface area contributed by atoms with E-state index in [-0.39, 0.29) is 0 Å². The summed E-state index contributed by atoms with van der Waals surface area (Å²) in [5.41, 5.74) is 17.3. The lowest BCUT2D eigenvalue weighted by molar-refractivity contribution is 0.773. The van der Waals surface area contributed by atoms with Gasteiger partial charge in [-0.15, -0.1) is 0 Å². The molecule has 4 fully saturated rings. The normalized spacial score (nSPS) is 20.8. The molecular weight excluding hydrogens is 721 g/mol. The van der Waals surface area contributed by atoms with Crippen LogP contribution in [0.5, 0.6) is 0 Å². The SMILES string of the molecule is C1#CC(=C2C3=CC=CC=C2CCC3)C#CC#CC(=C2C3=CC=CC=C2CCC3)C#CC#CC(=C2C3=CC=CC=C2CCC3)C#CC#CC(=C2C3=CC=CC=C2CCC3)C#C1. The van der Waals surface area contributed by atoms with E-state index < -0.39 is 0 Å². The molecule has 0 atom stereocenters. The first-order valence-electron chi connectivity index (χ1n) is 21.1. The molecule has 280 valence electrons. The summed E-state index contributed by atoms with van der Waals surface area (Å²) in [5, 5.41) is 0. The second kappa shape index (κ2) is 18.3. The van der Waals surface area contributed by atoms with E-state index in [4.69, 9.17) is 0 Å². The first kappa shape index (κ1) is 37.9. The van der Waals surface area contributed by atoms with Crippen molar-refractivity contribution in [3.8, 4) is 94.7 Å². The predicted molar refractivity (Wildman–Crippen MR) is 247 cm³/mol. The zero-order chi connectivity index (χ0) is 40.4. The Balaban J connectivity index is 1.26. The van der Waals surface area contributed by atoms with Crippen molar-refractivity contribution in [1.29, 1.82) is 0 Å². The van der Waals surface area contributed by atoms with Gasteiger partial charge in [-0.1, -0.05) is 97.2 Å². The molecule has 4 saturated carbocycles. The fraction of sp³-hybridized carbons (Fsp3) is 0.200.